The third kappa shape index (κ3) is 3.85. The van der Waals surface area contributed by atoms with E-state index in [-0.39, 0.29) is 0 Å². The fraction of sp³-hybridized carbons (Fsp3) is 0.583. The van der Waals surface area contributed by atoms with Crippen molar-refractivity contribution in [1.29, 1.82) is 5.26 Å². The Labute approximate surface area is 96.7 Å². The Bertz CT molecular complexity index is 356. The van der Waals surface area contributed by atoms with E-state index in [0.29, 0.717) is 17.4 Å². The van der Waals surface area contributed by atoms with Crippen molar-refractivity contribution in [3.8, 4) is 6.07 Å². The van der Waals surface area contributed by atoms with E-state index in [2.05, 4.69) is 35.4 Å². The molecule has 1 aromatic heterocycles. The number of hydrogen-bond donors (Lipinski definition) is 1. The predicted molar refractivity (Wildman–Crippen MR) is 64.0 cm³/mol. The van der Waals surface area contributed by atoms with E-state index in [0.717, 1.165) is 6.42 Å². The summed E-state index contributed by atoms with van der Waals surface area (Å²) < 4.78 is 0. The third-order valence-corrected chi connectivity index (χ3v) is 2.46. The minimum Gasteiger partial charge on any atom is -0.365 e. The molecule has 1 rings (SSSR count). The Hall–Kier alpha value is -1.63. The first kappa shape index (κ1) is 12.4. The van der Waals surface area contributed by atoms with Crippen molar-refractivity contribution in [3.05, 3.63) is 17.8 Å². The van der Waals surface area contributed by atoms with Crippen LogP contribution < -0.4 is 5.32 Å². The molecular weight excluding hydrogens is 200 g/mol. The predicted octanol–water partition coefficient (Wildman–Crippen LogP) is 2.73. The molecule has 1 atom stereocenters. The number of nitrogens with one attached hydrogen (secondary N) is 1. The lowest BCUT2D eigenvalue weighted by atomic mass is 10.1. The second-order valence-corrected chi connectivity index (χ2v) is 3.95. The van der Waals surface area contributed by atoms with Crippen LogP contribution in [0.3, 0.4) is 0 Å². The van der Waals surface area contributed by atoms with Gasteiger partial charge in [0.1, 0.15) is 6.07 Å². The van der Waals surface area contributed by atoms with E-state index in [9.17, 15) is 0 Å². The van der Waals surface area contributed by atoms with Gasteiger partial charge in [0, 0.05) is 6.04 Å². The van der Waals surface area contributed by atoms with Crippen molar-refractivity contribution in [1.82, 2.24) is 10.2 Å². The van der Waals surface area contributed by atoms with Crippen LogP contribution in [0.25, 0.3) is 0 Å². The highest BCUT2D eigenvalue weighted by Crippen LogP contribution is 2.12. The number of hydrogen-bond acceptors (Lipinski definition) is 4. The second kappa shape index (κ2) is 6.78. The number of aromatic nitrogens is 2. The summed E-state index contributed by atoms with van der Waals surface area (Å²) in [6.45, 7) is 4.29. The fourth-order valence-electron chi connectivity index (χ4n) is 1.53. The van der Waals surface area contributed by atoms with Gasteiger partial charge in [0.15, 0.2) is 5.82 Å². The van der Waals surface area contributed by atoms with Crippen molar-refractivity contribution in [2.45, 2.75) is 45.6 Å². The summed E-state index contributed by atoms with van der Waals surface area (Å²) in [6, 6.07) is 4.11. The van der Waals surface area contributed by atoms with Gasteiger partial charge in [-0.25, -0.2) is 0 Å². The number of rotatable bonds is 6. The molecule has 0 aromatic carbocycles. The topological polar surface area (TPSA) is 61.6 Å². The van der Waals surface area contributed by atoms with Crippen LogP contribution >= 0.6 is 0 Å². The summed E-state index contributed by atoms with van der Waals surface area (Å²) in [5.41, 5.74) is 0.553. The van der Waals surface area contributed by atoms with Gasteiger partial charge in [-0.15, -0.1) is 5.10 Å². The van der Waals surface area contributed by atoms with Gasteiger partial charge >= 0.3 is 0 Å². The van der Waals surface area contributed by atoms with Gasteiger partial charge in [0.05, 0.1) is 11.8 Å². The maximum absolute atomic E-state index is 8.89. The van der Waals surface area contributed by atoms with E-state index in [1.807, 2.05) is 0 Å². The molecule has 0 spiro atoms. The molecule has 0 aliphatic carbocycles. The lowest BCUT2D eigenvalue weighted by Crippen LogP contribution is -2.17. The van der Waals surface area contributed by atoms with Crippen LogP contribution in [0.15, 0.2) is 12.3 Å². The standard InChI is InChI=1S/C12H18N4/c1-3-4-5-6-10(2)15-12-11(9-13)7-8-14-16-12/h7-8,10H,3-6H2,1-2H3,(H,15,16). The van der Waals surface area contributed by atoms with Crippen LogP contribution in [-0.4, -0.2) is 16.2 Å². The first-order valence-corrected chi connectivity index (χ1v) is 5.76. The van der Waals surface area contributed by atoms with E-state index in [1.54, 1.807) is 6.07 Å². The van der Waals surface area contributed by atoms with E-state index < -0.39 is 0 Å². The maximum atomic E-state index is 8.89. The Morgan fingerprint density at radius 2 is 2.31 bits per heavy atom. The van der Waals surface area contributed by atoms with Gasteiger partial charge in [-0.05, 0) is 19.4 Å². The van der Waals surface area contributed by atoms with Crippen LogP contribution in [0.5, 0.6) is 0 Å². The largest absolute Gasteiger partial charge is 0.365 e. The Kier molecular flexibility index (Phi) is 5.27. The smallest absolute Gasteiger partial charge is 0.166 e. The number of unbranched alkanes of at least 4 members (excludes halogenated alkanes) is 2. The van der Waals surface area contributed by atoms with Gasteiger partial charge < -0.3 is 5.32 Å². The molecule has 4 nitrogen and oxygen atoms in total. The lowest BCUT2D eigenvalue weighted by Gasteiger charge is -2.14. The highest BCUT2D eigenvalue weighted by Gasteiger charge is 2.07. The molecule has 0 saturated heterocycles. The van der Waals surface area contributed by atoms with Crippen molar-refractivity contribution >= 4 is 5.82 Å². The van der Waals surface area contributed by atoms with Gasteiger partial charge in [-0.1, -0.05) is 26.2 Å². The van der Waals surface area contributed by atoms with Crippen LogP contribution in [0.4, 0.5) is 5.82 Å². The average Bonchev–Trinajstić information content (AvgIpc) is 2.30. The van der Waals surface area contributed by atoms with Gasteiger partial charge in [0.25, 0.3) is 0 Å². The van der Waals surface area contributed by atoms with Crippen molar-refractivity contribution < 1.29 is 0 Å². The molecule has 0 saturated carbocycles. The quantitative estimate of drug-likeness (QED) is 0.746. The molecule has 16 heavy (non-hydrogen) atoms. The first-order valence-electron chi connectivity index (χ1n) is 5.76. The van der Waals surface area contributed by atoms with E-state index in [1.165, 1.54) is 25.5 Å². The minimum atomic E-state index is 0.329. The zero-order valence-electron chi connectivity index (χ0n) is 9.90. The van der Waals surface area contributed by atoms with Gasteiger partial charge in [0.2, 0.25) is 0 Å². The summed E-state index contributed by atoms with van der Waals surface area (Å²) in [7, 11) is 0. The summed E-state index contributed by atoms with van der Waals surface area (Å²) in [5.74, 6) is 0.592. The zero-order valence-corrected chi connectivity index (χ0v) is 9.90. The molecule has 0 amide bonds. The van der Waals surface area contributed by atoms with Gasteiger partial charge in [-0.3, -0.25) is 0 Å². The van der Waals surface area contributed by atoms with Crippen LogP contribution in [0.1, 0.15) is 45.1 Å². The average molecular weight is 218 g/mol. The second-order valence-electron chi connectivity index (χ2n) is 3.95. The van der Waals surface area contributed by atoms with Crippen LogP contribution in [-0.2, 0) is 0 Å². The maximum Gasteiger partial charge on any atom is 0.166 e. The summed E-state index contributed by atoms with van der Waals surface area (Å²) in [4.78, 5) is 0. The molecule has 1 unspecified atom stereocenters. The monoisotopic (exact) mass is 218 g/mol. The Morgan fingerprint density at radius 1 is 1.50 bits per heavy atom. The molecule has 0 fully saturated rings. The molecule has 1 heterocycles. The van der Waals surface area contributed by atoms with Crippen molar-refractivity contribution in [2.75, 3.05) is 5.32 Å². The highest BCUT2D eigenvalue weighted by atomic mass is 15.2. The van der Waals surface area contributed by atoms with Gasteiger partial charge in [-0.2, -0.15) is 10.4 Å². The lowest BCUT2D eigenvalue weighted by molar-refractivity contribution is 0.613. The minimum absolute atomic E-state index is 0.329. The molecule has 86 valence electrons. The number of nitrogens with zero attached hydrogens (tertiary/aromatic N) is 3. The molecule has 1 N–H and O–H groups in total. The summed E-state index contributed by atoms with van der Waals surface area (Å²) in [5, 5.41) is 19.8. The zero-order chi connectivity index (χ0) is 11.8. The van der Waals surface area contributed by atoms with Crippen LogP contribution in [0.2, 0.25) is 0 Å². The molecule has 1 aromatic rings. The summed E-state index contributed by atoms with van der Waals surface area (Å²) >= 11 is 0. The van der Waals surface area contributed by atoms with E-state index in [4.69, 9.17) is 5.26 Å². The van der Waals surface area contributed by atoms with Crippen molar-refractivity contribution in [2.24, 2.45) is 0 Å². The first-order chi connectivity index (χ1) is 7.77. The molecule has 0 radical (unpaired) electrons. The number of nitriles is 1. The molecule has 0 aliphatic rings. The normalized spacial score (nSPS) is 11.8. The summed E-state index contributed by atoms with van der Waals surface area (Å²) in [6.07, 6.45) is 6.30. The molecule has 4 heteroatoms. The SMILES string of the molecule is CCCCCC(C)Nc1nnccc1C#N. The van der Waals surface area contributed by atoms with E-state index >= 15 is 0 Å². The highest BCUT2D eigenvalue weighted by molar-refractivity contribution is 5.50. The fourth-order valence-corrected chi connectivity index (χ4v) is 1.53. The molecule has 0 aliphatic heterocycles. The Balaban J connectivity index is 2.49. The molecular formula is C12H18N4. The van der Waals surface area contributed by atoms with Crippen molar-refractivity contribution in [3.63, 3.8) is 0 Å². The van der Waals surface area contributed by atoms with Crippen LogP contribution in [0, 0.1) is 11.3 Å². The third-order valence-electron chi connectivity index (χ3n) is 2.46. The Morgan fingerprint density at radius 3 is 3.00 bits per heavy atom. The molecule has 0 bridgehead atoms. The number of anilines is 1.